The molecular weight excluding hydrogens is 230 g/mol. The topological polar surface area (TPSA) is 58.6 Å². The number of hydrogen-bond donors (Lipinski definition) is 2. The third-order valence-corrected chi connectivity index (χ3v) is 3.30. The van der Waals surface area contributed by atoms with Crippen LogP contribution in [0.1, 0.15) is 25.3 Å². The lowest BCUT2D eigenvalue weighted by atomic mass is 9.89. The SMILES string of the molecule is CCOC(=O)NC[C@@](O)(c1ccccc1)C1CC1. The monoisotopic (exact) mass is 249 g/mol. The fraction of sp³-hybridized carbons (Fsp3) is 0.500. The van der Waals surface area contributed by atoms with Crippen molar-refractivity contribution in [2.45, 2.75) is 25.4 Å². The Morgan fingerprint density at radius 3 is 2.67 bits per heavy atom. The van der Waals surface area contributed by atoms with Crippen LogP contribution in [0.3, 0.4) is 0 Å². The van der Waals surface area contributed by atoms with Gasteiger partial charge in [0, 0.05) is 0 Å². The largest absolute Gasteiger partial charge is 0.450 e. The maximum atomic E-state index is 11.3. The molecule has 0 radical (unpaired) electrons. The average Bonchev–Trinajstić information content (AvgIpc) is 3.22. The van der Waals surface area contributed by atoms with Gasteiger partial charge in [-0.3, -0.25) is 0 Å². The van der Waals surface area contributed by atoms with E-state index in [4.69, 9.17) is 4.74 Å². The van der Waals surface area contributed by atoms with Gasteiger partial charge in [-0.1, -0.05) is 30.3 Å². The van der Waals surface area contributed by atoms with Gasteiger partial charge in [-0.15, -0.1) is 0 Å². The molecule has 1 amide bonds. The third-order valence-electron chi connectivity index (χ3n) is 3.30. The van der Waals surface area contributed by atoms with Gasteiger partial charge in [0.05, 0.1) is 13.2 Å². The number of hydrogen-bond acceptors (Lipinski definition) is 3. The first kappa shape index (κ1) is 12.9. The van der Waals surface area contributed by atoms with E-state index in [1.807, 2.05) is 30.3 Å². The van der Waals surface area contributed by atoms with Crippen molar-refractivity contribution >= 4 is 6.09 Å². The second-order valence-corrected chi connectivity index (χ2v) is 4.64. The quantitative estimate of drug-likeness (QED) is 0.839. The van der Waals surface area contributed by atoms with Crippen LogP contribution in [0.4, 0.5) is 4.79 Å². The van der Waals surface area contributed by atoms with Crippen LogP contribution in [-0.2, 0) is 10.3 Å². The number of benzene rings is 1. The lowest BCUT2D eigenvalue weighted by Crippen LogP contribution is -2.42. The van der Waals surface area contributed by atoms with Gasteiger partial charge in [-0.25, -0.2) is 4.79 Å². The van der Waals surface area contributed by atoms with Crippen LogP contribution >= 0.6 is 0 Å². The van der Waals surface area contributed by atoms with Crippen molar-refractivity contribution in [2.75, 3.05) is 13.2 Å². The van der Waals surface area contributed by atoms with E-state index >= 15 is 0 Å². The minimum atomic E-state index is -0.978. The highest BCUT2D eigenvalue weighted by molar-refractivity contribution is 5.67. The predicted molar refractivity (Wildman–Crippen MR) is 68.1 cm³/mol. The van der Waals surface area contributed by atoms with Crippen LogP contribution < -0.4 is 5.32 Å². The summed E-state index contributed by atoms with van der Waals surface area (Å²) in [7, 11) is 0. The molecule has 0 saturated heterocycles. The predicted octanol–water partition coefficient (Wildman–Crippen LogP) is 2.03. The smallest absolute Gasteiger partial charge is 0.407 e. The van der Waals surface area contributed by atoms with Crippen molar-refractivity contribution in [1.29, 1.82) is 0 Å². The summed E-state index contributed by atoms with van der Waals surface area (Å²) in [5.41, 5.74) is -0.127. The number of carbonyl (C=O) groups excluding carboxylic acids is 1. The van der Waals surface area contributed by atoms with Crippen molar-refractivity contribution in [3.63, 3.8) is 0 Å². The molecule has 1 aromatic rings. The number of ether oxygens (including phenoxy) is 1. The van der Waals surface area contributed by atoms with Crippen LogP contribution in [0.25, 0.3) is 0 Å². The van der Waals surface area contributed by atoms with E-state index in [9.17, 15) is 9.90 Å². The molecule has 1 saturated carbocycles. The van der Waals surface area contributed by atoms with E-state index < -0.39 is 11.7 Å². The van der Waals surface area contributed by atoms with Crippen molar-refractivity contribution in [1.82, 2.24) is 5.32 Å². The minimum Gasteiger partial charge on any atom is -0.450 e. The molecule has 1 aliphatic carbocycles. The Morgan fingerprint density at radius 2 is 2.11 bits per heavy atom. The molecule has 1 aromatic carbocycles. The van der Waals surface area contributed by atoms with Crippen LogP contribution in [-0.4, -0.2) is 24.4 Å². The molecule has 98 valence electrons. The molecule has 1 atom stereocenters. The summed E-state index contributed by atoms with van der Waals surface area (Å²) < 4.78 is 4.81. The van der Waals surface area contributed by atoms with Gasteiger partial charge < -0.3 is 15.2 Å². The molecule has 4 heteroatoms. The maximum Gasteiger partial charge on any atom is 0.407 e. The first-order valence-corrected chi connectivity index (χ1v) is 6.35. The van der Waals surface area contributed by atoms with Gasteiger partial charge >= 0.3 is 6.09 Å². The van der Waals surface area contributed by atoms with Crippen molar-refractivity contribution in [3.8, 4) is 0 Å². The summed E-state index contributed by atoms with van der Waals surface area (Å²) in [6, 6.07) is 9.49. The normalized spacial score (nSPS) is 17.9. The number of amides is 1. The highest BCUT2D eigenvalue weighted by atomic mass is 16.5. The van der Waals surface area contributed by atoms with Crippen LogP contribution in [0.15, 0.2) is 30.3 Å². The molecule has 2 N–H and O–H groups in total. The molecule has 0 aliphatic heterocycles. The number of carbonyl (C=O) groups is 1. The number of aliphatic hydroxyl groups is 1. The molecule has 0 spiro atoms. The van der Waals surface area contributed by atoms with Crippen molar-refractivity contribution in [3.05, 3.63) is 35.9 Å². The Labute approximate surface area is 107 Å². The zero-order valence-electron chi connectivity index (χ0n) is 10.6. The average molecular weight is 249 g/mol. The molecule has 1 fully saturated rings. The molecule has 0 heterocycles. The summed E-state index contributed by atoms with van der Waals surface area (Å²) >= 11 is 0. The van der Waals surface area contributed by atoms with Crippen LogP contribution in [0, 0.1) is 5.92 Å². The van der Waals surface area contributed by atoms with Crippen molar-refractivity contribution in [2.24, 2.45) is 5.92 Å². The van der Waals surface area contributed by atoms with E-state index in [1.165, 1.54) is 0 Å². The Balaban J connectivity index is 2.06. The van der Waals surface area contributed by atoms with Gasteiger partial charge in [0.25, 0.3) is 0 Å². The van der Waals surface area contributed by atoms with E-state index in [0.29, 0.717) is 6.61 Å². The first-order chi connectivity index (χ1) is 8.66. The molecule has 0 bridgehead atoms. The van der Waals surface area contributed by atoms with Gasteiger partial charge in [-0.05, 0) is 31.2 Å². The van der Waals surface area contributed by atoms with E-state index in [-0.39, 0.29) is 12.5 Å². The summed E-state index contributed by atoms with van der Waals surface area (Å²) in [6.07, 6.45) is 1.51. The fourth-order valence-corrected chi connectivity index (χ4v) is 2.16. The molecule has 4 nitrogen and oxygen atoms in total. The zero-order chi connectivity index (χ0) is 13.0. The maximum absolute atomic E-state index is 11.3. The Kier molecular flexibility index (Phi) is 3.87. The molecule has 0 aromatic heterocycles. The lowest BCUT2D eigenvalue weighted by molar-refractivity contribution is 0.0128. The second-order valence-electron chi connectivity index (χ2n) is 4.64. The van der Waals surface area contributed by atoms with Gasteiger partial charge in [0.1, 0.15) is 5.60 Å². The van der Waals surface area contributed by atoms with E-state index in [1.54, 1.807) is 6.92 Å². The molecule has 1 aliphatic rings. The fourth-order valence-electron chi connectivity index (χ4n) is 2.16. The second kappa shape index (κ2) is 5.40. The third kappa shape index (κ3) is 2.82. The Hall–Kier alpha value is -1.55. The Morgan fingerprint density at radius 1 is 1.44 bits per heavy atom. The number of rotatable bonds is 5. The molecule has 2 rings (SSSR count). The highest BCUT2D eigenvalue weighted by Gasteiger charge is 2.45. The minimum absolute atomic E-state index is 0.195. The molecular formula is C14H19NO3. The number of nitrogens with one attached hydrogen (secondary N) is 1. The molecule has 18 heavy (non-hydrogen) atoms. The van der Waals surface area contributed by atoms with E-state index in [0.717, 1.165) is 18.4 Å². The van der Waals surface area contributed by atoms with Gasteiger partial charge in [0.15, 0.2) is 0 Å². The summed E-state index contributed by atoms with van der Waals surface area (Å²) in [4.78, 5) is 11.3. The van der Waals surface area contributed by atoms with Gasteiger partial charge in [0.2, 0.25) is 0 Å². The van der Waals surface area contributed by atoms with Gasteiger partial charge in [-0.2, -0.15) is 0 Å². The standard InChI is InChI=1S/C14H19NO3/c1-2-18-13(16)15-10-14(17,12-8-9-12)11-6-4-3-5-7-11/h3-7,12,17H,2,8-10H2,1H3,(H,15,16)/t14-/m1/s1. The summed E-state index contributed by atoms with van der Waals surface area (Å²) in [5, 5.41) is 13.4. The van der Waals surface area contributed by atoms with Crippen LogP contribution in [0.5, 0.6) is 0 Å². The lowest BCUT2D eigenvalue weighted by Gasteiger charge is -2.28. The summed E-state index contributed by atoms with van der Waals surface area (Å²) in [6.45, 7) is 2.28. The first-order valence-electron chi connectivity index (χ1n) is 6.35. The Bertz CT molecular complexity index is 403. The van der Waals surface area contributed by atoms with Crippen LogP contribution in [0.2, 0.25) is 0 Å². The molecule has 0 unspecified atom stereocenters. The van der Waals surface area contributed by atoms with Crippen molar-refractivity contribution < 1.29 is 14.6 Å². The summed E-state index contributed by atoms with van der Waals surface area (Å²) in [5.74, 6) is 0.224. The number of alkyl carbamates (subject to hydrolysis) is 1. The zero-order valence-corrected chi connectivity index (χ0v) is 10.6. The highest BCUT2D eigenvalue weighted by Crippen LogP contribution is 2.45. The van der Waals surface area contributed by atoms with E-state index in [2.05, 4.69) is 5.32 Å².